The topological polar surface area (TPSA) is 55.2 Å². The molecular formula is C13H20N2O2S. The Bertz CT molecular complexity index is 385. The number of nitro benzene ring substituents is 1. The maximum absolute atomic E-state index is 10.9. The van der Waals surface area contributed by atoms with E-state index in [2.05, 4.69) is 18.5 Å². The molecule has 0 aliphatic carbocycles. The van der Waals surface area contributed by atoms with Crippen LogP contribution < -0.4 is 5.32 Å². The number of nitro groups is 1. The number of thioether (sulfide) groups is 1. The van der Waals surface area contributed by atoms with Crippen LogP contribution >= 0.6 is 11.8 Å². The van der Waals surface area contributed by atoms with Crippen molar-refractivity contribution in [1.29, 1.82) is 0 Å². The number of hydrogen-bond donors (Lipinski definition) is 1. The highest BCUT2D eigenvalue weighted by molar-refractivity contribution is 7.98. The number of rotatable bonds is 8. The van der Waals surface area contributed by atoms with E-state index in [1.165, 1.54) is 0 Å². The lowest BCUT2D eigenvalue weighted by Crippen LogP contribution is -2.32. The highest BCUT2D eigenvalue weighted by Crippen LogP contribution is 2.17. The largest absolute Gasteiger partial charge is 0.313 e. The molecule has 0 bridgehead atoms. The van der Waals surface area contributed by atoms with Gasteiger partial charge in [0.25, 0.3) is 5.69 Å². The van der Waals surface area contributed by atoms with Gasteiger partial charge in [-0.2, -0.15) is 11.8 Å². The van der Waals surface area contributed by atoms with Crippen LogP contribution in [0.5, 0.6) is 0 Å². The fourth-order valence-electron chi connectivity index (χ4n) is 1.83. The summed E-state index contributed by atoms with van der Waals surface area (Å²) in [5, 5.41) is 14.3. The average molecular weight is 268 g/mol. The van der Waals surface area contributed by atoms with Crippen LogP contribution in [0.3, 0.4) is 0 Å². The first-order valence-corrected chi connectivity index (χ1v) is 7.53. The molecule has 0 heterocycles. The van der Waals surface area contributed by atoms with Crippen molar-refractivity contribution < 1.29 is 4.92 Å². The Labute approximate surface area is 112 Å². The Balaban J connectivity index is 2.50. The van der Waals surface area contributed by atoms with Crippen molar-refractivity contribution in [2.24, 2.45) is 0 Å². The van der Waals surface area contributed by atoms with Gasteiger partial charge >= 0.3 is 0 Å². The van der Waals surface area contributed by atoms with Crippen LogP contribution in [0.25, 0.3) is 0 Å². The first-order valence-electron chi connectivity index (χ1n) is 6.13. The first-order chi connectivity index (χ1) is 8.69. The zero-order valence-electron chi connectivity index (χ0n) is 10.9. The molecule has 0 aliphatic heterocycles. The van der Waals surface area contributed by atoms with Crippen molar-refractivity contribution in [3.63, 3.8) is 0 Å². The molecule has 0 saturated heterocycles. The van der Waals surface area contributed by atoms with Crippen LogP contribution in [0.1, 0.15) is 18.9 Å². The molecular weight excluding hydrogens is 248 g/mol. The Kier molecular flexibility index (Phi) is 6.75. The van der Waals surface area contributed by atoms with E-state index in [9.17, 15) is 10.1 Å². The molecule has 1 atom stereocenters. The predicted octanol–water partition coefficient (Wildman–Crippen LogP) is 2.87. The molecule has 100 valence electrons. The Morgan fingerprint density at radius 3 is 2.78 bits per heavy atom. The molecule has 0 aromatic heterocycles. The fourth-order valence-corrected chi connectivity index (χ4v) is 2.59. The lowest BCUT2D eigenvalue weighted by molar-refractivity contribution is -0.385. The summed E-state index contributed by atoms with van der Waals surface area (Å²) in [5.41, 5.74) is 1.02. The van der Waals surface area contributed by atoms with Crippen molar-refractivity contribution in [3.05, 3.63) is 39.9 Å². The lowest BCUT2D eigenvalue weighted by Gasteiger charge is -2.15. The van der Waals surface area contributed by atoms with Gasteiger partial charge in [0.1, 0.15) is 0 Å². The van der Waals surface area contributed by atoms with E-state index < -0.39 is 0 Å². The van der Waals surface area contributed by atoms with Gasteiger partial charge in [0.15, 0.2) is 0 Å². The van der Waals surface area contributed by atoms with Crippen molar-refractivity contribution in [3.8, 4) is 0 Å². The van der Waals surface area contributed by atoms with E-state index >= 15 is 0 Å². The van der Waals surface area contributed by atoms with Crippen molar-refractivity contribution in [2.45, 2.75) is 25.8 Å². The maximum Gasteiger partial charge on any atom is 0.272 e. The zero-order valence-corrected chi connectivity index (χ0v) is 11.7. The highest BCUT2D eigenvalue weighted by Gasteiger charge is 2.12. The van der Waals surface area contributed by atoms with Crippen LogP contribution in [0.2, 0.25) is 0 Å². The van der Waals surface area contributed by atoms with Crippen LogP contribution in [0, 0.1) is 10.1 Å². The minimum Gasteiger partial charge on any atom is -0.313 e. The van der Waals surface area contributed by atoms with Crippen LogP contribution in [-0.4, -0.2) is 29.5 Å². The molecule has 0 amide bonds. The zero-order chi connectivity index (χ0) is 13.4. The lowest BCUT2D eigenvalue weighted by atomic mass is 10.1. The SMILES string of the molecule is CCC(CSC)NCCc1ccccc1[N+](=O)[O-]. The number of nitrogens with one attached hydrogen (secondary N) is 1. The van der Waals surface area contributed by atoms with Crippen LogP contribution in [-0.2, 0) is 6.42 Å². The van der Waals surface area contributed by atoms with Gasteiger partial charge < -0.3 is 5.32 Å². The Morgan fingerprint density at radius 1 is 1.44 bits per heavy atom. The smallest absolute Gasteiger partial charge is 0.272 e. The summed E-state index contributed by atoms with van der Waals surface area (Å²) in [6, 6.07) is 7.44. The summed E-state index contributed by atoms with van der Waals surface area (Å²) >= 11 is 1.82. The molecule has 1 unspecified atom stereocenters. The molecule has 1 aromatic carbocycles. The average Bonchev–Trinajstić information content (AvgIpc) is 2.38. The van der Waals surface area contributed by atoms with E-state index in [1.807, 2.05) is 23.9 Å². The number of hydrogen-bond acceptors (Lipinski definition) is 4. The minimum atomic E-state index is -0.311. The van der Waals surface area contributed by atoms with E-state index in [-0.39, 0.29) is 10.6 Å². The fraction of sp³-hybridized carbons (Fsp3) is 0.538. The molecule has 0 aliphatic rings. The third-order valence-corrected chi connectivity index (χ3v) is 3.61. The summed E-state index contributed by atoms with van der Waals surface area (Å²) in [7, 11) is 0. The molecule has 1 N–H and O–H groups in total. The maximum atomic E-state index is 10.9. The monoisotopic (exact) mass is 268 g/mol. The third-order valence-electron chi connectivity index (χ3n) is 2.88. The Morgan fingerprint density at radius 2 is 2.17 bits per heavy atom. The van der Waals surface area contributed by atoms with Crippen molar-refractivity contribution in [2.75, 3.05) is 18.6 Å². The van der Waals surface area contributed by atoms with Gasteiger partial charge in [-0.1, -0.05) is 25.1 Å². The van der Waals surface area contributed by atoms with Gasteiger partial charge in [0.05, 0.1) is 4.92 Å². The molecule has 4 nitrogen and oxygen atoms in total. The summed E-state index contributed by atoms with van der Waals surface area (Å²) in [6.07, 6.45) is 3.87. The second-order valence-corrected chi connectivity index (χ2v) is 5.06. The standard InChI is InChI=1S/C13H20N2O2S/c1-3-12(10-18-2)14-9-8-11-6-4-5-7-13(11)15(16)17/h4-7,12,14H,3,8-10H2,1-2H3. The van der Waals surface area contributed by atoms with Crippen molar-refractivity contribution >= 4 is 17.4 Å². The third kappa shape index (κ3) is 4.66. The molecule has 0 saturated carbocycles. The van der Waals surface area contributed by atoms with Crippen LogP contribution in [0.4, 0.5) is 5.69 Å². The Hall–Kier alpha value is -1.07. The van der Waals surface area contributed by atoms with Gasteiger partial charge in [0.2, 0.25) is 0 Å². The summed E-state index contributed by atoms with van der Waals surface area (Å²) in [5.74, 6) is 1.08. The van der Waals surface area contributed by atoms with E-state index in [0.717, 1.165) is 24.3 Å². The van der Waals surface area contributed by atoms with Gasteiger partial charge in [-0.05, 0) is 25.6 Å². The molecule has 1 rings (SSSR count). The summed E-state index contributed by atoms with van der Waals surface area (Å²) in [4.78, 5) is 10.5. The van der Waals surface area contributed by atoms with E-state index in [0.29, 0.717) is 12.5 Å². The normalized spacial score (nSPS) is 12.3. The van der Waals surface area contributed by atoms with Gasteiger partial charge in [-0.3, -0.25) is 10.1 Å². The molecule has 0 spiro atoms. The molecule has 0 radical (unpaired) electrons. The summed E-state index contributed by atoms with van der Waals surface area (Å²) in [6.45, 7) is 2.93. The molecule has 18 heavy (non-hydrogen) atoms. The summed E-state index contributed by atoms with van der Waals surface area (Å²) < 4.78 is 0. The first kappa shape index (κ1) is 15.0. The van der Waals surface area contributed by atoms with Crippen LogP contribution in [0.15, 0.2) is 24.3 Å². The predicted molar refractivity (Wildman–Crippen MR) is 77.3 cm³/mol. The quantitative estimate of drug-likeness (QED) is 0.582. The van der Waals surface area contributed by atoms with Gasteiger partial charge in [-0.25, -0.2) is 0 Å². The van der Waals surface area contributed by atoms with E-state index in [4.69, 9.17) is 0 Å². The molecule has 0 fully saturated rings. The van der Waals surface area contributed by atoms with E-state index in [1.54, 1.807) is 12.1 Å². The van der Waals surface area contributed by atoms with Gasteiger partial charge in [-0.15, -0.1) is 0 Å². The minimum absolute atomic E-state index is 0.220. The number of benzene rings is 1. The second kappa shape index (κ2) is 8.11. The molecule has 1 aromatic rings. The number of nitrogens with zero attached hydrogens (tertiary/aromatic N) is 1. The second-order valence-electron chi connectivity index (χ2n) is 4.15. The molecule has 5 heteroatoms. The number of para-hydroxylation sites is 1. The highest BCUT2D eigenvalue weighted by atomic mass is 32.2. The van der Waals surface area contributed by atoms with Crippen molar-refractivity contribution in [1.82, 2.24) is 5.32 Å². The van der Waals surface area contributed by atoms with Gasteiger partial charge in [0, 0.05) is 23.4 Å².